The zero-order chi connectivity index (χ0) is 22.8. The molecule has 1 aliphatic rings. The molecule has 168 valence electrons. The SMILES string of the molecule is C[C@@H]1CN(Cc2ccc(F)cc2)[C@@H](C)CN1C(=O)COc1ccc2[nH]cc(C(=O)O)c2c1. The van der Waals surface area contributed by atoms with E-state index in [1.54, 1.807) is 30.3 Å². The molecule has 32 heavy (non-hydrogen) atoms. The van der Waals surface area contributed by atoms with Gasteiger partial charge in [-0.3, -0.25) is 9.69 Å². The monoisotopic (exact) mass is 439 g/mol. The van der Waals surface area contributed by atoms with Crippen molar-refractivity contribution in [2.45, 2.75) is 32.5 Å². The van der Waals surface area contributed by atoms with Gasteiger partial charge >= 0.3 is 5.97 Å². The molecule has 3 aromatic rings. The molecule has 0 radical (unpaired) electrons. The predicted octanol–water partition coefficient (Wildman–Crippen LogP) is 3.51. The second kappa shape index (κ2) is 9.00. The maximum atomic E-state index is 13.2. The lowest BCUT2D eigenvalue weighted by Crippen LogP contribution is -2.58. The number of rotatable bonds is 6. The number of benzene rings is 2. The van der Waals surface area contributed by atoms with Gasteiger partial charge < -0.3 is 19.7 Å². The Morgan fingerprint density at radius 3 is 2.59 bits per heavy atom. The predicted molar refractivity (Wildman–Crippen MR) is 118 cm³/mol. The molecule has 1 aromatic heterocycles. The summed E-state index contributed by atoms with van der Waals surface area (Å²) in [6.45, 7) is 5.95. The van der Waals surface area contributed by atoms with Gasteiger partial charge in [-0.15, -0.1) is 0 Å². The van der Waals surface area contributed by atoms with E-state index in [9.17, 15) is 19.1 Å². The molecule has 0 bridgehead atoms. The average molecular weight is 439 g/mol. The van der Waals surface area contributed by atoms with Gasteiger partial charge in [0.2, 0.25) is 0 Å². The van der Waals surface area contributed by atoms with Crippen LogP contribution in [0.4, 0.5) is 4.39 Å². The third-order valence-electron chi connectivity index (χ3n) is 5.98. The molecule has 0 aliphatic carbocycles. The summed E-state index contributed by atoms with van der Waals surface area (Å²) in [5.74, 6) is -0.937. The van der Waals surface area contributed by atoms with E-state index >= 15 is 0 Å². The maximum absolute atomic E-state index is 13.2. The van der Waals surface area contributed by atoms with E-state index in [2.05, 4.69) is 16.8 Å². The van der Waals surface area contributed by atoms with Crippen LogP contribution in [-0.4, -0.2) is 63.5 Å². The Labute approximate surface area is 185 Å². The van der Waals surface area contributed by atoms with Crippen LogP contribution in [0.3, 0.4) is 0 Å². The summed E-state index contributed by atoms with van der Waals surface area (Å²) < 4.78 is 18.9. The Kier molecular flexibility index (Phi) is 6.14. The van der Waals surface area contributed by atoms with E-state index in [4.69, 9.17) is 4.74 Å². The number of H-pyrrole nitrogens is 1. The number of nitrogens with one attached hydrogen (secondary N) is 1. The number of hydrogen-bond acceptors (Lipinski definition) is 4. The van der Waals surface area contributed by atoms with Crippen molar-refractivity contribution in [1.29, 1.82) is 0 Å². The second-order valence-electron chi connectivity index (χ2n) is 8.30. The lowest BCUT2D eigenvalue weighted by molar-refractivity contribution is -0.139. The molecule has 2 heterocycles. The number of ether oxygens (including phenoxy) is 1. The maximum Gasteiger partial charge on any atom is 0.337 e. The fraction of sp³-hybridized carbons (Fsp3) is 0.333. The first-order valence-electron chi connectivity index (χ1n) is 10.6. The molecule has 2 atom stereocenters. The van der Waals surface area contributed by atoms with Gasteiger partial charge in [-0.2, -0.15) is 0 Å². The quantitative estimate of drug-likeness (QED) is 0.614. The highest BCUT2D eigenvalue weighted by Gasteiger charge is 2.32. The van der Waals surface area contributed by atoms with E-state index in [0.717, 1.165) is 5.56 Å². The van der Waals surface area contributed by atoms with Crippen LogP contribution in [0.5, 0.6) is 5.75 Å². The van der Waals surface area contributed by atoms with Crippen molar-refractivity contribution in [2.24, 2.45) is 0 Å². The van der Waals surface area contributed by atoms with Crippen LogP contribution in [0, 0.1) is 5.82 Å². The van der Waals surface area contributed by atoms with Gasteiger partial charge in [-0.1, -0.05) is 12.1 Å². The average Bonchev–Trinajstić information content (AvgIpc) is 3.19. The molecule has 1 aliphatic heterocycles. The van der Waals surface area contributed by atoms with Crippen LogP contribution < -0.4 is 4.74 Å². The van der Waals surface area contributed by atoms with Gasteiger partial charge in [0.25, 0.3) is 5.91 Å². The first-order valence-corrected chi connectivity index (χ1v) is 10.6. The first kappa shape index (κ1) is 21.8. The van der Waals surface area contributed by atoms with Crippen molar-refractivity contribution in [2.75, 3.05) is 19.7 Å². The molecule has 4 rings (SSSR count). The highest BCUT2D eigenvalue weighted by Crippen LogP contribution is 2.24. The summed E-state index contributed by atoms with van der Waals surface area (Å²) in [7, 11) is 0. The number of piperazine rings is 1. The van der Waals surface area contributed by atoms with E-state index in [-0.39, 0.29) is 36.0 Å². The number of aromatic nitrogens is 1. The Hall–Kier alpha value is -3.39. The number of carboxylic acids is 1. The minimum atomic E-state index is -1.02. The number of carboxylic acid groups (broad SMARTS) is 1. The summed E-state index contributed by atoms with van der Waals surface area (Å²) in [5.41, 5.74) is 1.90. The fourth-order valence-electron chi connectivity index (χ4n) is 4.18. The van der Waals surface area contributed by atoms with Crippen molar-refractivity contribution in [1.82, 2.24) is 14.8 Å². The molecular weight excluding hydrogens is 413 g/mol. The number of carbonyl (C=O) groups is 2. The minimum Gasteiger partial charge on any atom is -0.484 e. The molecule has 1 saturated heterocycles. The standard InChI is InChI=1S/C24H26FN3O4/c1-15-12-28(16(2)11-27(15)13-17-3-5-18(25)6-4-17)23(29)14-32-19-7-8-22-20(9-19)21(10-26-22)24(30)31/h3-10,15-16,26H,11-14H2,1-2H3,(H,30,31)/t15-,16+/m0/s1. The number of fused-ring (bicyclic) bond motifs is 1. The fourth-order valence-corrected chi connectivity index (χ4v) is 4.18. The molecule has 0 spiro atoms. The number of aromatic amines is 1. The normalized spacial score (nSPS) is 19.3. The van der Waals surface area contributed by atoms with Crippen molar-refractivity contribution in [3.8, 4) is 5.75 Å². The molecule has 2 N–H and O–H groups in total. The molecule has 7 nitrogen and oxygen atoms in total. The van der Waals surface area contributed by atoms with Crippen LogP contribution in [0.2, 0.25) is 0 Å². The number of carbonyl (C=O) groups excluding carboxylic acids is 1. The highest BCUT2D eigenvalue weighted by molar-refractivity contribution is 6.03. The number of hydrogen-bond donors (Lipinski definition) is 2. The van der Waals surface area contributed by atoms with Crippen molar-refractivity contribution in [3.63, 3.8) is 0 Å². The van der Waals surface area contributed by atoms with Crippen LogP contribution >= 0.6 is 0 Å². The Bertz CT molecular complexity index is 1130. The topological polar surface area (TPSA) is 85.9 Å². The largest absolute Gasteiger partial charge is 0.484 e. The summed E-state index contributed by atoms with van der Waals surface area (Å²) in [5, 5.41) is 9.83. The number of aromatic carboxylic acids is 1. The van der Waals surface area contributed by atoms with Crippen LogP contribution in [0.15, 0.2) is 48.7 Å². The van der Waals surface area contributed by atoms with Crippen molar-refractivity contribution < 1.29 is 23.8 Å². The number of amides is 1. The number of halogens is 1. The van der Waals surface area contributed by atoms with E-state index in [1.165, 1.54) is 18.3 Å². The minimum absolute atomic E-state index is 0.00788. The molecular formula is C24H26FN3O4. The van der Waals surface area contributed by atoms with E-state index in [0.29, 0.717) is 36.3 Å². The van der Waals surface area contributed by atoms with Gasteiger partial charge in [-0.05, 0) is 49.7 Å². The van der Waals surface area contributed by atoms with Gasteiger partial charge in [0.15, 0.2) is 6.61 Å². The molecule has 8 heteroatoms. The molecule has 0 saturated carbocycles. The first-order chi connectivity index (χ1) is 15.3. The van der Waals surface area contributed by atoms with Crippen molar-refractivity contribution >= 4 is 22.8 Å². The Morgan fingerprint density at radius 1 is 1.12 bits per heavy atom. The zero-order valence-corrected chi connectivity index (χ0v) is 18.0. The van der Waals surface area contributed by atoms with Gasteiger partial charge in [0.05, 0.1) is 5.56 Å². The molecule has 0 unspecified atom stereocenters. The van der Waals surface area contributed by atoms with Crippen molar-refractivity contribution in [3.05, 3.63) is 65.6 Å². The van der Waals surface area contributed by atoms with Gasteiger partial charge in [0.1, 0.15) is 11.6 Å². The van der Waals surface area contributed by atoms with Gasteiger partial charge in [-0.25, -0.2) is 9.18 Å². The van der Waals surface area contributed by atoms with E-state index < -0.39 is 5.97 Å². The molecule has 1 fully saturated rings. The highest BCUT2D eigenvalue weighted by atomic mass is 19.1. The zero-order valence-electron chi connectivity index (χ0n) is 18.0. The summed E-state index contributed by atoms with van der Waals surface area (Å²) in [4.78, 5) is 31.2. The van der Waals surface area contributed by atoms with E-state index in [1.807, 2.05) is 11.8 Å². The van der Waals surface area contributed by atoms with Gasteiger partial charge in [0, 0.05) is 48.8 Å². The molecule has 1 amide bonds. The smallest absolute Gasteiger partial charge is 0.337 e. The summed E-state index contributed by atoms with van der Waals surface area (Å²) >= 11 is 0. The Balaban J connectivity index is 1.36. The van der Waals surface area contributed by atoms with Crippen LogP contribution in [-0.2, 0) is 11.3 Å². The molecule has 2 aromatic carbocycles. The third-order valence-corrected chi connectivity index (χ3v) is 5.98. The number of nitrogens with zero attached hydrogens (tertiary/aromatic N) is 2. The Morgan fingerprint density at radius 2 is 1.88 bits per heavy atom. The van der Waals surface area contributed by atoms with Crippen LogP contribution in [0.1, 0.15) is 29.8 Å². The second-order valence-corrected chi connectivity index (χ2v) is 8.30. The third kappa shape index (κ3) is 4.60. The van der Waals surface area contributed by atoms with Crippen LogP contribution in [0.25, 0.3) is 10.9 Å². The summed E-state index contributed by atoms with van der Waals surface area (Å²) in [6.07, 6.45) is 1.44. The lowest BCUT2D eigenvalue weighted by Gasteiger charge is -2.44. The summed E-state index contributed by atoms with van der Waals surface area (Å²) in [6, 6.07) is 11.7. The lowest BCUT2D eigenvalue weighted by atomic mass is 10.1.